The van der Waals surface area contributed by atoms with Crippen LogP contribution in [0.2, 0.25) is 0 Å². The minimum Gasteiger partial charge on any atom is -0.388 e. The summed E-state index contributed by atoms with van der Waals surface area (Å²) in [5.74, 6) is 0. The van der Waals surface area contributed by atoms with Gasteiger partial charge in [0, 0.05) is 0 Å². The Hall–Kier alpha value is -0.600. The van der Waals surface area contributed by atoms with Crippen LogP contribution in [0.3, 0.4) is 0 Å². The molecule has 1 rings (SSSR count). The number of aliphatic hydroxyl groups is 1. The number of nitrogens with one attached hydrogen (secondary N) is 1. The van der Waals surface area contributed by atoms with Gasteiger partial charge in [0.25, 0.3) is 0 Å². The molecule has 1 aliphatic rings. The molecule has 0 heterocycles. The summed E-state index contributed by atoms with van der Waals surface area (Å²) in [5, 5.41) is 12.7. The standard InChI is InChI=1S/C10H17NO/c1-11-8-7-10(12)9-5-3-2-4-6-9/h3,5-6,10-12H,2,4,7-8H2,1H3. The summed E-state index contributed by atoms with van der Waals surface area (Å²) in [6.45, 7) is 0.867. The molecule has 0 aromatic heterocycles. The number of hydrogen-bond acceptors (Lipinski definition) is 2. The highest BCUT2D eigenvalue weighted by Gasteiger charge is 2.08. The Morgan fingerprint density at radius 2 is 2.42 bits per heavy atom. The summed E-state index contributed by atoms with van der Waals surface area (Å²) in [6, 6.07) is 0. The van der Waals surface area contributed by atoms with E-state index in [4.69, 9.17) is 0 Å². The van der Waals surface area contributed by atoms with E-state index >= 15 is 0 Å². The lowest BCUT2D eigenvalue weighted by Crippen LogP contribution is -2.18. The first kappa shape index (κ1) is 9.49. The maximum Gasteiger partial charge on any atom is 0.0799 e. The lowest BCUT2D eigenvalue weighted by molar-refractivity contribution is 0.203. The van der Waals surface area contributed by atoms with Crippen LogP contribution in [0.15, 0.2) is 23.8 Å². The monoisotopic (exact) mass is 167 g/mol. The molecule has 2 heteroatoms. The van der Waals surface area contributed by atoms with Crippen molar-refractivity contribution in [1.82, 2.24) is 5.32 Å². The summed E-state index contributed by atoms with van der Waals surface area (Å²) in [7, 11) is 1.90. The first-order chi connectivity index (χ1) is 5.84. The third-order valence-electron chi connectivity index (χ3n) is 2.08. The van der Waals surface area contributed by atoms with Crippen LogP contribution in [0.5, 0.6) is 0 Å². The van der Waals surface area contributed by atoms with Crippen molar-refractivity contribution in [2.75, 3.05) is 13.6 Å². The molecule has 0 saturated carbocycles. The van der Waals surface area contributed by atoms with Crippen molar-refractivity contribution in [3.05, 3.63) is 23.8 Å². The molecule has 0 bridgehead atoms. The second-order valence-corrected chi connectivity index (χ2v) is 3.09. The highest BCUT2D eigenvalue weighted by molar-refractivity contribution is 5.25. The lowest BCUT2D eigenvalue weighted by Gasteiger charge is -2.13. The smallest absolute Gasteiger partial charge is 0.0799 e. The zero-order chi connectivity index (χ0) is 8.81. The fourth-order valence-electron chi connectivity index (χ4n) is 1.33. The van der Waals surface area contributed by atoms with E-state index in [1.807, 2.05) is 13.1 Å². The maximum absolute atomic E-state index is 9.65. The molecule has 0 radical (unpaired) electrons. The third-order valence-corrected chi connectivity index (χ3v) is 2.08. The molecule has 2 N–H and O–H groups in total. The van der Waals surface area contributed by atoms with E-state index in [1.165, 1.54) is 0 Å². The molecule has 0 saturated heterocycles. The molecular weight excluding hydrogens is 150 g/mol. The van der Waals surface area contributed by atoms with Gasteiger partial charge in [0.2, 0.25) is 0 Å². The van der Waals surface area contributed by atoms with Crippen molar-refractivity contribution in [1.29, 1.82) is 0 Å². The Bertz CT molecular complexity index is 184. The van der Waals surface area contributed by atoms with Crippen LogP contribution < -0.4 is 5.32 Å². The lowest BCUT2D eigenvalue weighted by atomic mass is 10.0. The fourth-order valence-corrected chi connectivity index (χ4v) is 1.33. The topological polar surface area (TPSA) is 32.3 Å². The van der Waals surface area contributed by atoms with Crippen LogP contribution >= 0.6 is 0 Å². The Morgan fingerprint density at radius 1 is 1.58 bits per heavy atom. The van der Waals surface area contributed by atoms with Crippen molar-refractivity contribution in [2.45, 2.75) is 25.4 Å². The average molecular weight is 167 g/mol. The summed E-state index contributed by atoms with van der Waals surface area (Å²) >= 11 is 0. The molecule has 12 heavy (non-hydrogen) atoms. The van der Waals surface area contributed by atoms with Crippen molar-refractivity contribution >= 4 is 0 Å². The molecule has 1 aliphatic carbocycles. The maximum atomic E-state index is 9.65. The van der Waals surface area contributed by atoms with Crippen LogP contribution in [-0.4, -0.2) is 24.8 Å². The molecule has 0 amide bonds. The van der Waals surface area contributed by atoms with E-state index in [1.54, 1.807) is 0 Å². The SMILES string of the molecule is CNCCC(O)C1=CCCC=C1. The van der Waals surface area contributed by atoms with Gasteiger partial charge in [-0.15, -0.1) is 0 Å². The van der Waals surface area contributed by atoms with E-state index in [0.717, 1.165) is 31.4 Å². The first-order valence-electron chi connectivity index (χ1n) is 4.54. The number of rotatable bonds is 4. The van der Waals surface area contributed by atoms with E-state index in [9.17, 15) is 5.11 Å². The molecule has 2 nitrogen and oxygen atoms in total. The van der Waals surface area contributed by atoms with Crippen LogP contribution in [0.25, 0.3) is 0 Å². The van der Waals surface area contributed by atoms with Crippen LogP contribution in [0, 0.1) is 0 Å². The predicted molar refractivity (Wildman–Crippen MR) is 51.0 cm³/mol. The van der Waals surface area contributed by atoms with Crippen molar-refractivity contribution in [2.24, 2.45) is 0 Å². The summed E-state index contributed by atoms with van der Waals surface area (Å²) < 4.78 is 0. The zero-order valence-electron chi connectivity index (χ0n) is 7.59. The van der Waals surface area contributed by atoms with Crippen molar-refractivity contribution in [3.63, 3.8) is 0 Å². The second-order valence-electron chi connectivity index (χ2n) is 3.09. The molecule has 68 valence electrons. The van der Waals surface area contributed by atoms with Crippen molar-refractivity contribution < 1.29 is 5.11 Å². The van der Waals surface area contributed by atoms with Crippen molar-refractivity contribution in [3.8, 4) is 0 Å². The minimum atomic E-state index is -0.283. The van der Waals surface area contributed by atoms with E-state index < -0.39 is 0 Å². The Morgan fingerprint density at radius 3 is 3.00 bits per heavy atom. The summed E-state index contributed by atoms with van der Waals surface area (Å²) in [6.07, 6.45) is 8.98. The van der Waals surface area contributed by atoms with Gasteiger partial charge in [-0.05, 0) is 38.4 Å². The fraction of sp³-hybridized carbons (Fsp3) is 0.600. The highest BCUT2D eigenvalue weighted by Crippen LogP contribution is 2.14. The molecule has 1 unspecified atom stereocenters. The molecule has 1 atom stereocenters. The van der Waals surface area contributed by atoms with Gasteiger partial charge in [-0.2, -0.15) is 0 Å². The first-order valence-corrected chi connectivity index (χ1v) is 4.54. The van der Waals surface area contributed by atoms with Gasteiger partial charge in [-0.25, -0.2) is 0 Å². The molecule has 0 aromatic carbocycles. The quantitative estimate of drug-likeness (QED) is 0.660. The molecule has 0 aromatic rings. The van der Waals surface area contributed by atoms with E-state index in [0.29, 0.717) is 0 Å². The Kier molecular flexibility index (Phi) is 4.05. The van der Waals surface area contributed by atoms with Gasteiger partial charge < -0.3 is 10.4 Å². The Labute approximate surface area is 74.0 Å². The Balaban J connectivity index is 2.35. The highest BCUT2D eigenvalue weighted by atomic mass is 16.3. The van der Waals surface area contributed by atoms with Crippen LogP contribution in [0.1, 0.15) is 19.3 Å². The van der Waals surface area contributed by atoms with Crippen LogP contribution in [-0.2, 0) is 0 Å². The van der Waals surface area contributed by atoms with Gasteiger partial charge in [0.1, 0.15) is 0 Å². The second kappa shape index (κ2) is 5.12. The molecule has 0 spiro atoms. The van der Waals surface area contributed by atoms with E-state index in [-0.39, 0.29) is 6.10 Å². The van der Waals surface area contributed by atoms with Gasteiger partial charge >= 0.3 is 0 Å². The molecular formula is C10H17NO. The van der Waals surface area contributed by atoms with Gasteiger partial charge in [0.05, 0.1) is 6.10 Å². The van der Waals surface area contributed by atoms with Crippen LogP contribution in [0.4, 0.5) is 0 Å². The summed E-state index contributed by atoms with van der Waals surface area (Å²) in [5.41, 5.74) is 1.08. The predicted octanol–water partition coefficient (Wildman–Crippen LogP) is 1.23. The number of aliphatic hydroxyl groups excluding tert-OH is 1. The number of allylic oxidation sites excluding steroid dienone is 2. The van der Waals surface area contributed by atoms with E-state index in [2.05, 4.69) is 17.5 Å². The molecule has 0 aliphatic heterocycles. The van der Waals surface area contributed by atoms with Gasteiger partial charge in [-0.1, -0.05) is 18.2 Å². The summed E-state index contributed by atoms with van der Waals surface area (Å²) in [4.78, 5) is 0. The zero-order valence-corrected chi connectivity index (χ0v) is 7.59. The largest absolute Gasteiger partial charge is 0.388 e. The molecule has 0 fully saturated rings. The third kappa shape index (κ3) is 2.80. The minimum absolute atomic E-state index is 0.283. The number of hydrogen-bond donors (Lipinski definition) is 2. The normalized spacial score (nSPS) is 19.0. The van der Waals surface area contributed by atoms with Gasteiger partial charge in [0.15, 0.2) is 0 Å². The average Bonchev–Trinajstić information content (AvgIpc) is 2.15. The van der Waals surface area contributed by atoms with Gasteiger partial charge in [-0.3, -0.25) is 0 Å².